The fourth-order valence-corrected chi connectivity index (χ4v) is 13.7. The number of halogens is 1. The Bertz CT molecular complexity index is 2570. The Morgan fingerprint density at radius 1 is 0.766 bits per heavy atom. The lowest BCUT2D eigenvalue weighted by atomic mass is 9.73. The van der Waals surface area contributed by atoms with Crippen molar-refractivity contribution in [2.24, 2.45) is 0 Å². The van der Waals surface area contributed by atoms with Gasteiger partial charge >= 0.3 is 13.5 Å². The minimum atomic E-state index is -2.04. The van der Waals surface area contributed by atoms with Crippen LogP contribution in [-0.4, -0.2) is 72.9 Å². The van der Waals surface area contributed by atoms with Crippen LogP contribution in [0.4, 0.5) is 10.1 Å². The standard InChI is InChI=1S/C53H53BFN2O6P/c1-51(2,60)52(3,4)63-54-46-29-28-45-49(42(46)36-55)61-47-35-37(26-27-44(47)53(45)43-24-15-14-23-41(43)50(59)62-53)56-30-32-57(33-31-56)48(58)25-16-34-64(38-17-8-5-9-18-38,39-19-10-6-11-20-39)40-21-12-7-13-22-40/h5-15,17-24,26-29,35,60H,16,25,30-34,36H2,1-4H3/q+1. The number of esters is 1. The third kappa shape index (κ3) is 7.59. The van der Waals surface area contributed by atoms with Gasteiger partial charge in [-0.05, 0) is 94.2 Å². The molecular formula is C53H53BFN2O6P+. The number of hydrogen-bond acceptors (Lipinski definition) is 7. The number of alkyl halides is 1. The molecule has 64 heavy (non-hydrogen) atoms. The number of rotatable bonds is 13. The maximum Gasteiger partial charge on any atom is 0.340 e. The molecular weight excluding hydrogens is 821 g/mol. The molecule has 9 rings (SSSR count). The van der Waals surface area contributed by atoms with E-state index in [1.165, 1.54) is 23.4 Å². The van der Waals surface area contributed by atoms with Crippen molar-refractivity contribution in [3.8, 4) is 11.5 Å². The molecule has 3 heterocycles. The van der Waals surface area contributed by atoms with Gasteiger partial charge in [0.15, 0.2) is 5.60 Å². The molecule has 8 nitrogen and oxygen atoms in total. The molecule has 6 aromatic carbocycles. The Hall–Kier alpha value is -5.80. The molecule has 3 aliphatic rings. The fraction of sp³-hybridized carbons (Fsp3) is 0.283. The molecule has 0 bridgehead atoms. The molecule has 0 saturated carbocycles. The van der Waals surface area contributed by atoms with E-state index >= 15 is 4.39 Å². The van der Waals surface area contributed by atoms with E-state index in [0.717, 1.165) is 18.3 Å². The molecule has 11 heteroatoms. The number of fused-ring (bicyclic) bond motifs is 6. The van der Waals surface area contributed by atoms with Crippen LogP contribution in [0.5, 0.6) is 11.5 Å². The van der Waals surface area contributed by atoms with Gasteiger partial charge in [-0.2, -0.15) is 0 Å². The molecule has 0 aliphatic carbocycles. The SMILES string of the molecule is CC(C)(O)C(C)(C)O[B]c1ccc2c(c1CF)Oc1cc(N3CCN(C(=O)CCC[P+](c4ccccc4)(c4ccccc4)c4ccccc4)CC3)ccc1C21OC(=O)c2ccccc21. The lowest BCUT2D eigenvalue weighted by Gasteiger charge is -2.40. The summed E-state index contributed by atoms with van der Waals surface area (Å²) < 4.78 is 34.5. The lowest BCUT2D eigenvalue weighted by Crippen LogP contribution is -2.49. The zero-order valence-corrected chi connectivity index (χ0v) is 37.7. The van der Waals surface area contributed by atoms with Crippen LogP contribution in [0, 0.1) is 0 Å². The van der Waals surface area contributed by atoms with Crippen molar-refractivity contribution in [1.29, 1.82) is 0 Å². The quantitative estimate of drug-likeness (QED) is 0.0717. The van der Waals surface area contributed by atoms with Crippen LogP contribution < -0.4 is 31.0 Å². The number of carbonyl (C=O) groups excluding carboxylic acids is 2. The predicted molar refractivity (Wildman–Crippen MR) is 254 cm³/mol. The normalized spacial score (nSPS) is 17.0. The highest BCUT2D eigenvalue weighted by atomic mass is 31.2. The van der Waals surface area contributed by atoms with E-state index in [1.807, 2.05) is 35.2 Å². The summed E-state index contributed by atoms with van der Waals surface area (Å²) in [5.74, 6) is 0.380. The Labute approximate surface area is 376 Å². The van der Waals surface area contributed by atoms with Gasteiger partial charge in [0.05, 0.1) is 22.9 Å². The average Bonchev–Trinajstić information content (AvgIpc) is 3.61. The fourth-order valence-electron chi connectivity index (χ4n) is 9.32. The molecule has 1 atom stereocenters. The zero-order chi connectivity index (χ0) is 44.7. The second-order valence-corrected chi connectivity index (χ2v) is 21.5. The molecule has 1 amide bonds. The third-order valence-electron chi connectivity index (χ3n) is 13.6. The Balaban J connectivity index is 0.952. The van der Waals surface area contributed by atoms with E-state index < -0.39 is 36.7 Å². The number of amides is 1. The van der Waals surface area contributed by atoms with Gasteiger partial charge in [0.1, 0.15) is 41.3 Å². The van der Waals surface area contributed by atoms with Gasteiger partial charge in [-0.15, -0.1) is 0 Å². The van der Waals surface area contributed by atoms with Crippen molar-refractivity contribution < 1.29 is 33.2 Å². The Kier molecular flexibility index (Phi) is 11.7. The highest BCUT2D eigenvalue weighted by Gasteiger charge is 2.54. The van der Waals surface area contributed by atoms with Crippen molar-refractivity contribution in [2.45, 2.75) is 64.0 Å². The van der Waals surface area contributed by atoms with E-state index in [1.54, 1.807) is 52.0 Å². The molecule has 1 fully saturated rings. The number of piperazine rings is 1. The predicted octanol–water partition coefficient (Wildman–Crippen LogP) is 7.96. The summed E-state index contributed by atoms with van der Waals surface area (Å²) in [4.78, 5) is 31.7. The molecule has 6 aromatic rings. The second kappa shape index (κ2) is 17.3. The van der Waals surface area contributed by atoms with Crippen LogP contribution in [0.15, 0.2) is 146 Å². The molecule has 1 unspecified atom stereocenters. The highest BCUT2D eigenvalue weighted by Crippen LogP contribution is 2.58. The van der Waals surface area contributed by atoms with Crippen LogP contribution in [0.3, 0.4) is 0 Å². The highest BCUT2D eigenvalue weighted by molar-refractivity contribution is 7.95. The van der Waals surface area contributed by atoms with Gasteiger partial charge in [0.2, 0.25) is 5.91 Å². The molecule has 1 spiro atoms. The van der Waals surface area contributed by atoms with Crippen LogP contribution in [0.25, 0.3) is 0 Å². The first-order valence-corrected chi connectivity index (χ1v) is 24.0. The van der Waals surface area contributed by atoms with Crippen LogP contribution in [-0.2, 0) is 26.5 Å². The summed E-state index contributed by atoms with van der Waals surface area (Å²) >= 11 is 0. The topological polar surface area (TPSA) is 88.5 Å². The van der Waals surface area contributed by atoms with E-state index in [0.29, 0.717) is 66.1 Å². The minimum Gasteiger partial charge on any atom is -0.456 e. The van der Waals surface area contributed by atoms with E-state index in [2.05, 4.69) is 95.9 Å². The summed E-state index contributed by atoms with van der Waals surface area (Å²) in [5, 5.41) is 14.7. The summed E-state index contributed by atoms with van der Waals surface area (Å²) in [6.07, 6.45) is 2.10. The van der Waals surface area contributed by atoms with Crippen LogP contribution >= 0.6 is 7.26 Å². The minimum absolute atomic E-state index is 0.155. The summed E-state index contributed by atoms with van der Waals surface area (Å²) in [7, 11) is -0.586. The van der Waals surface area contributed by atoms with Gasteiger partial charge in [-0.3, -0.25) is 4.79 Å². The first-order valence-electron chi connectivity index (χ1n) is 22.1. The average molecular weight is 875 g/mol. The number of carbonyl (C=O) groups is 2. The molecule has 325 valence electrons. The summed E-state index contributed by atoms with van der Waals surface area (Å²) in [6, 6.07) is 49.0. The molecule has 1 radical (unpaired) electrons. The smallest absolute Gasteiger partial charge is 0.340 e. The Morgan fingerprint density at radius 3 is 1.94 bits per heavy atom. The molecule has 3 aliphatic heterocycles. The van der Waals surface area contributed by atoms with Gasteiger partial charge in [0, 0.05) is 66.6 Å². The van der Waals surface area contributed by atoms with Crippen molar-refractivity contribution >= 4 is 53.7 Å². The monoisotopic (exact) mass is 874 g/mol. The number of hydrogen-bond donors (Lipinski definition) is 1. The second-order valence-electron chi connectivity index (χ2n) is 17.9. The van der Waals surface area contributed by atoms with E-state index in [9.17, 15) is 14.7 Å². The van der Waals surface area contributed by atoms with E-state index in [4.69, 9.17) is 14.1 Å². The van der Waals surface area contributed by atoms with Crippen LogP contribution in [0.1, 0.15) is 73.1 Å². The number of benzene rings is 6. The van der Waals surface area contributed by atoms with Gasteiger partial charge in [0.25, 0.3) is 0 Å². The van der Waals surface area contributed by atoms with E-state index in [-0.39, 0.29) is 17.2 Å². The van der Waals surface area contributed by atoms with Crippen molar-refractivity contribution in [3.63, 3.8) is 0 Å². The summed E-state index contributed by atoms with van der Waals surface area (Å²) in [5.41, 5.74) is 0.247. The van der Waals surface area contributed by atoms with Crippen LogP contribution in [0.2, 0.25) is 0 Å². The van der Waals surface area contributed by atoms with Crippen molar-refractivity contribution in [2.75, 3.05) is 37.2 Å². The Morgan fingerprint density at radius 2 is 1.34 bits per heavy atom. The lowest BCUT2D eigenvalue weighted by molar-refractivity contribution is -0.131. The number of ether oxygens (including phenoxy) is 2. The molecule has 1 saturated heterocycles. The first-order chi connectivity index (χ1) is 30.9. The number of anilines is 1. The first kappa shape index (κ1) is 43.5. The number of aliphatic hydroxyl groups is 1. The third-order valence-corrected chi connectivity index (χ3v) is 18.1. The maximum absolute atomic E-state index is 15.3. The maximum atomic E-state index is 15.3. The summed E-state index contributed by atoms with van der Waals surface area (Å²) in [6.45, 7) is 8.32. The zero-order valence-electron chi connectivity index (χ0n) is 36.8. The van der Waals surface area contributed by atoms with Gasteiger partial charge in [-0.25, -0.2) is 9.18 Å². The number of nitrogens with zero attached hydrogens (tertiary/aromatic N) is 2. The van der Waals surface area contributed by atoms with Gasteiger partial charge < -0.3 is 29.0 Å². The van der Waals surface area contributed by atoms with Crippen molar-refractivity contribution in [1.82, 2.24) is 4.90 Å². The molecule has 1 N–H and O–H groups in total. The van der Waals surface area contributed by atoms with Gasteiger partial charge in [-0.1, -0.05) is 84.9 Å². The van der Waals surface area contributed by atoms with Crippen molar-refractivity contribution in [3.05, 3.63) is 173 Å². The largest absolute Gasteiger partial charge is 0.456 e. The molecule has 0 aromatic heterocycles.